The minimum absolute atomic E-state index is 0.217. The Hall–Kier alpha value is -4.80. The molecule has 44 heavy (non-hydrogen) atoms. The van der Waals surface area contributed by atoms with Crippen molar-refractivity contribution in [3.05, 3.63) is 90.9 Å². The predicted molar refractivity (Wildman–Crippen MR) is 176 cm³/mol. The van der Waals surface area contributed by atoms with Gasteiger partial charge in [0.25, 0.3) is 0 Å². The number of hydrogen-bond acceptors (Lipinski definition) is 8. The number of nitrogens with one attached hydrogen (secondary N) is 3. The molecule has 0 aliphatic carbocycles. The molecule has 226 valence electrons. The quantitative estimate of drug-likeness (QED) is 0.187. The molecule has 1 saturated heterocycles. The molecule has 10 heteroatoms. The molecule has 2 atom stereocenters. The third kappa shape index (κ3) is 6.88. The molecule has 3 N–H and O–H groups in total. The van der Waals surface area contributed by atoms with Gasteiger partial charge in [0.05, 0.1) is 36.1 Å². The molecule has 2 unspecified atom stereocenters. The number of nitrogens with zero attached hydrogens (tertiary/aromatic N) is 5. The van der Waals surface area contributed by atoms with Gasteiger partial charge in [-0.25, -0.2) is 9.97 Å². The SMILES string of the molecule is CCOc1cc2ncnc(Nc3ccc4c(cnn4Cc4ccccc4)c3)c2cc1NC(=O)C=CCN1CC(C)NC(C)C1. The van der Waals surface area contributed by atoms with Crippen LogP contribution in [0.3, 0.4) is 0 Å². The molecule has 0 bridgehead atoms. The van der Waals surface area contributed by atoms with Crippen LogP contribution in [-0.4, -0.2) is 68.9 Å². The lowest BCUT2D eigenvalue weighted by Crippen LogP contribution is -2.54. The van der Waals surface area contributed by atoms with Crippen LogP contribution in [-0.2, 0) is 11.3 Å². The minimum Gasteiger partial charge on any atom is -0.492 e. The van der Waals surface area contributed by atoms with E-state index in [1.165, 1.54) is 11.9 Å². The number of hydrogen-bond donors (Lipinski definition) is 3. The monoisotopic (exact) mass is 590 g/mol. The van der Waals surface area contributed by atoms with Crippen molar-refractivity contribution in [2.75, 3.05) is 36.9 Å². The molecular weight excluding hydrogens is 552 g/mol. The molecule has 6 rings (SSSR count). The Morgan fingerprint density at radius 3 is 2.68 bits per heavy atom. The zero-order valence-corrected chi connectivity index (χ0v) is 25.3. The summed E-state index contributed by atoms with van der Waals surface area (Å²) in [5, 5.41) is 16.4. The first-order valence-corrected chi connectivity index (χ1v) is 15.1. The van der Waals surface area contributed by atoms with Crippen LogP contribution in [0, 0.1) is 0 Å². The number of amides is 1. The van der Waals surface area contributed by atoms with Gasteiger partial charge in [-0.15, -0.1) is 0 Å². The second-order valence-electron chi connectivity index (χ2n) is 11.3. The van der Waals surface area contributed by atoms with E-state index < -0.39 is 0 Å². The molecule has 2 aromatic heterocycles. The van der Waals surface area contributed by atoms with E-state index in [2.05, 4.69) is 74.0 Å². The first-order valence-electron chi connectivity index (χ1n) is 15.1. The summed E-state index contributed by atoms with van der Waals surface area (Å²) in [6.07, 6.45) is 6.90. The lowest BCUT2D eigenvalue weighted by Gasteiger charge is -2.35. The first-order chi connectivity index (χ1) is 21.4. The second kappa shape index (κ2) is 13.2. The fourth-order valence-corrected chi connectivity index (χ4v) is 5.81. The van der Waals surface area contributed by atoms with Gasteiger partial charge in [-0.3, -0.25) is 14.4 Å². The summed E-state index contributed by atoms with van der Waals surface area (Å²) in [6.45, 7) is 10.1. The molecular formula is C34H38N8O2. The predicted octanol–water partition coefficient (Wildman–Crippen LogP) is 5.35. The zero-order valence-electron chi connectivity index (χ0n) is 25.3. The van der Waals surface area contributed by atoms with Crippen LogP contribution < -0.4 is 20.7 Å². The second-order valence-corrected chi connectivity index (χ2v) is 11.3. The molecule has 0 radical (unpaired) electrons. The number of aromatic nitrogens is 4. The maximum Gasteiger partial charge on any atom is 0.248 e. The van der Waals surface area contributed by atoms with Crippen LogP contribution in [0.5, 0.6) is 5.75 Å². The highest BCUT2D eigenvalue weighted by Crippen LogP contribution is 2.34. The number of anilines is 3. The van der Waals surface area contributed by atoms with E-state index in [0.29, 0.717) is 48.0 Å². The summed E-state index contributed by atoms with van der Waals surface area (Å²) >= 11 is 0. The topological polar surface area (TPSA) is 109 Å². The van der Waals surface area contributed by atoms with Gasteiger partial charge in [0.1, 0.15) is 17.9 Å². The minimum atomic E-state index is -0.217. The van der Waals surface area contributed by atoms with Crippen molar-refractivity contribution in [3.63, 3.8) is 0 Å². The zero-order chi connectivity index (χ0) is 30.5. The summed E-state index contributed by atoms with van der Waals surface area (Å²) in [5.41, 5.74) is 4.39. The number of fused-ring (bicyclic) bond motifs is 2. The van der Waals surface area contributed by atoms with Crippen molar-refractivity contribution in [2.24, 2.45) is 0 Å². The van der Waals surface area contributed by atoms with Crippen molar-refractivity contribution in [2.45, 2.75) is 39.4 Å². The lowest BCUT2D eigenvalue weighted by atomic mass is 10.1. The Morgan fingerprint density at radius 2 is 1.89 bits per heavy atom. The third-order valence-electron chi connectivity index (χ3n) is 7.64. The summed E-state index contributed by atoms with van der Waals surface area (Å²) in [5.74, 6) is 0.969. The van der Waals surface area contributed by atoms with Gasteiger partial charge in [-0.05, 0) is 50.6 Å². The van der Waals surface area contributed by atoms with E-state index in [9.17, 15) is 4.79 Å². The Labute approximate surface area is 257 Å². The Morgan fingerprint density at radius 1 is 1.07 bits per heavy atom. The fourth-order valence-electron chi connectivity index (χ4n) is 5.81. The number of piperazine rings is 1. The van der Waals surface area contributed by atoms with Crippen molar-refractivity contribution in [1.82, 2.24) is 30.0 Å². The van der Waals surface area contributed by atoms with Crippen molar-refractivity contribution < 1.29 is 9.53 Å². The highest BCUT2D eigenvalue weighted by Gasteiger charge is 2.20. The van der Waals surface area contributed by atoms with Gasteiger partial charge in [0.15, 0.2) is 0 Å². The Bertz CT molecular complexity index is 1780. The molecule has 1 fully saturated rings. The van der Waals surface area contributed by atoms with E-state index in [1.54, 1.807) is 6.08 Å². The molecule has 5 aromatic rings. The summed E-state index contributed by atoms with van der Waals surface area (Å²) in [6, 6.07) is 21.0. The van der Waals surface area contributed by atoms with Gasteiger partial charge >= 0.3 is 0 Å². The molecule has 3 heterocycles. The normalized spacial score (nSPS) is 17.3. The average molecular weight is 591 g/mol. The van der Waals surface area contributed by atoms with E-state index in [4.69, 9.17) is 4.74 Å². The Kier molecular flexibility index (Phi) is 8.81. The lowest BCUT2D eigenvalue weighted by molar-refractivity contribution is -0.111. The maximum atomic E-state index is 13.0. The Balaban J connectivity index is 1.20. The van der Waals surface area contributed by atoms with E-state index in [0.717, 1.165) is 41.6 Å². The van der Waals surface area contributed by atoms with Crippen molar-refractivity contribution in [3.8, 4) is 5.75 Å². The molecule has 1 aliphatic heterocycles. The number of benzene rings is 3. The number of rotatable bonds is 10. The summed E-state index contributed by atoms with van der Waals surface area (Å²) in [4.78, 5) is 24.3. The fraction of sp³-hybridized carbons (Fsp3) is 0.294. The average Bonchev–Trinajstić information content (AvgIpc) is 3.39. The number of carbonyl (C=O) groups is 1. The van der Waals surface area contributed by atoms with E-state index in [-0.39, 0.29) is 5.91 Å². The van der Waals surface area contributed by atoms with Crippen LogP contribution in [0.25, 0.3) is 21.8 Å². The van der Waals surface area contributed by atoms with Crippen LogP contribution in [0.4, 0.5) is 17.2 Å². The molecule has 1 amide bonds. The first kappa shape index (κ1) is 29.3. The van der Waals surface area contributed by atoms with Crippen LogP contribution >= 0.6 is 0 Å². The molecule has 0 spiro atoms. The largest absolute Gasteiger partial charge is 0.492 e. The van der Waals surface area contributed by atoms with Gasteiger partial charge in [0, 0.05) is 60.3 Å². The van der Waals surface area contributed by atoms with E-state index >= 15 is 0 Å². The van der Waals surface area contributed by atoms with Crippen LogP contribution in [0.2, 0.25) is 0 Å². The van der Waals surface area contributed by atoms with Crippen molar-refractivity contribution >= 4 is 44.9 Å². The number of ether oxygens (including phenoxy) is 1. The highest BCUT2D eigenvalue weighted by molar-refractivity contribution is 6.03. The van der Waals surface area contributed by atoms with Gasteiger partial charge in [0.2, 0.25) is 5.91 Å². The van der Waals surface area contributed by atoms with Gasteiger partial charge in [-0.1, -0.05) is 36.4 Å². The van der Waals surface area contributed by atoms with Crippen LogP contribution in [0.15, 0.2) is 85.3 Å². The van der Waals surface area contributed by atoms with Gasteiger partial charge in [-0.2, -0.15) is 5.10 Å². The highest BCUT2D eigenvalue weighted by atomic mass is 16.5. The molecule has 0 saturated carbocycles. The standard InChI is InChI=1S/C34H38N8O2/c1-4-44-32-17-29-28(16-30(32)40-33(43)11-8-14-41-19-23(2)38-24(3)20-41)34(36-22-35-29)39-27-12-13-31-26(15-27)18-37-42(31)21-25-9-6-5-7-10-25/h5-13,15-18,22-24,38H,4,14,19-21H2,1-3H3,(H,40,43)(H,35,36,39). The van der Waals surface area contributed by atoms with Crippen LogP contribution in [0.1, 0.15) is 26.3 Å². The smallest absolute Gasteiger partial charge is 0.248 e. The molecule has 10 nitrogen and oxygen atoms in total. The van der Waals surface area contributed by atoms with Gasteiger partial charge < -0.3 is 20.7 Å². The summed E-state index contributed by atoms with van der Waals surface area (Å²) in [7, 11) is 0. The number of carbonyl (C=O) groups excluding carboxylic acids is 1. The summed E-state index contributed by atoms with van der Waals surface area (Å²) < 4.78 is 7.87. The third-order valence-corrected chi connectivity index (χ3v) is 7.64. The maximum absolute atomic E-state index is 13.0. The molecule has 3 aromatic carbocycles. The van der Waals surface area contributed by atoms with E-state index in [1.807, 2.05) is 60.3 Å². The molecule has 1 aliphatic rings. The van der Waals surface area contributed by atoms with Crippen molar-refractivity contribution in [1.29, 1.82) is 0 Å².